The molecule has 9 heteroatoms. The first-order valence-corrected chi connectivity index (χ1v) is 12.3. The van der Waals surface area contributed by atoms with Gasteiger partial charge in [0.1, 0.15) is 11.5 Å². The predicted octanol–water partition coefficient (Wildman–Crippen LogP) is 2.80. The van der Waals surface area contributed by atoms with Crippen molar-refractivity contribution >= 4 is 28.1 Å². The predicted molar refractivity (Wildman–Crippen MR) is 127 cm³/mol. The van der Waals surface area contributed by atoms with Crippen LogP contribution in [0, 0.1) is 0 Å². The van der Waals surface area contributed by atoms with Crippen LogP contribution >= 0.6 is 12.4 Å². The Bertz CT molecular complexity index is 936. The smallest absolute Gasteiger partial charge is 0.229 e. The lowest BCUT2D eigenvalue weighted by Crippen LogP contribution is -2.63. The van der Waals surface area contributed by atoms with Crippen LogP contribution in [-0.2, 0) is 16.6 Å². The molecule has 2 aliphatic rings. The van der Waals surface area contributed by atoms with Gasteiger partial charge in [0.15, 0.2) is 0 Å². The summed E-state index contributed by atoms with van der Waals surface area (Å²) in [5.41, 5.74) is 2.09. The van der Waals surface area contributed by atoms with E-state index in [1.807, 2.05) is 12.1 Å². The second kappa shape index (κ2) is 10.2. The summed E-state index contributed by atoms with van der Waals surface area (Å²) < 4.78 is 30.9. The zero-order chi connectivity index (χ0) is 21.0. The number of sulfonamides is 1. The van der Waals surface area contributed by atoms with E-state index < -0.39 is 10.0 Å². The van der Waals surface area contributed by atoms with Crippen LogP contribution in [0.3, 0.4) is 0 Å². The minimum absolute atomic E-state index is 0. The Morgan fingerprint density at radius 3 is 2.16 bits per heavy atom. The average molecular weight is 467 g/mol. The molecule has 2 aromatic carbocycles. The van der Waals surface area contributed by atoms with E-state index in [0.29, 0.717) is 17.0 Å². The third-order valence-corrected chi connectivity index (χ3v) is 6.41. The number of hydrogen-bond donors (Lipinski definition) is 3. The van der Waals surface area contributed by atoms with Gasteiger partial charge < -0.3 is 15.4 Å². The molecule has 2 aliphatic heterocycles. The fraction of sp³-hybridized carbons (Fsp3) is 0.455. The van der Waals surface area contributed by atoms with Gasteiger partial charge in [-0.3, -0.25) is 9.62 Å². The van der Waals surface area contributed by atoms with Crippen molar-refractivity contribution < 1.29 is 13.2 Å². The third kappa shape index (κ3) is 6.82. The second-order valence-electron chi connectivity index (χ2n) is 8.30. The number of nitrogens with one attached hydrogen (secondary N) is 3. The van der Waals surface area contributed by atoms with Crippen molar-refractivity contribution in [3.05, 3.63) is 54.1 Å². The molecule has 3 N–H and O–H groups in total. The van der Waals surface area contributed by atoms with Crippen molar-refractivity contribution in [2.75, 3.05) is 43.7 Å². The maximum Gasteiger partial charge on any atom is 0.229 e. The molecule has 2 fully saturated rings. The maximum absolute atomic E-state index is 11.3. The number of piperazine rings is 1. The second-order valence-corrected chi connectivity index (χ2v) is 10.1. The van der Waals surface area contributed by atoms with Gasteiger partial charge in [0, 0.05) is 50.5 Å². The molecule has 1 spiro atoms. The van der Waals surface area contributed by atoms with E-state index in [1.54, 1.807) is 24.3 Å². The number of nitrogens with zero attached hydrogens (tertiary/aromatic N) is 1. The van der Waals surface area contributed by atoms with Crippen molar-refractivity contribution in [3.63, 3.8) is 0 Å². The summed E-state index contributed by atoms with van der Waals surface area (Å²) in [5, 5.41) is 7.25. The highest BCUT2D eigenvalue weighted by atomic mass is 35.5. The largest absolute Gasteiger partial charge is 0.457 e. The molecular formula is C22H31ClN4O3S. The molecule has 0 unspecified atom stereocenters. The van der Waals surface area contributed by atoms with Gasteiger partial charge in [-0.25, -0.2) is 8.42 Å². The number of benzene rings is 2. The molecule has 0 radical (unpaired) electrons. The summed E-state index contributed by atoms with van der Waals surface area (Å²) in [5.74, 6) is 1.43. The van der Waals surface area contributed by atoms with E-state index in [4.69, 9.17) is 4.74 Å². The summed E-state index contributed by atoms with van der Waals surface area (Å²) in [4.78, 5) is 2.52. The van der Waals surface area contributed by atoms with Gasteiger partial charge in [0.2, 0.25) is 10.0 Å². The molecule has 0 aromatic heterocycles. The van der Waals surface area contributed by atoms with Crippen LogP contribution in [0.1, 0.15) is 18.4 Å². The van der Waals surface area contributed by atoms with Gasteiger partial charge in [-0.15, -0.1) is 12.4 Å². The highest BCUT2D eigenvalue weighted by molar-refractivity contribution is 7.92. The lowest BCUT2D eigenvalue weighted by molar-refractivity contribution is 0.116. The van der Waals surface area contributed by atoms with E-state index in [-0.39, 0.29) is 12.4 Å². The lowest BCUT2D eigenvalue weighted by atomic mass is 9.86. The lowest BCUT2D eigenvalue weighted by Gasteiger charge is -2.45. The summed E-state index contributed by atoms with van der Waals surface area (Å²) in [6, 6.07) is 15.1. The number of likely N-dealkylation sites (tertiary alicyclic amines) is 1. The molecule has 2 saturated heterocycles. The minimum atomic E-state index is -3.28. The number of hydrogen-bond acceptors (Lipinski definition) is 6. The van der Waals surface area contributed by atoms with Gasteiger partial charge in [0.25, 0.3) is 0 Å². The van der Waals surface area contributed by atoms with Crippen molar-refractivity contribution in [1.82, 2.24) is 15.5 Å². The van der Waals surface area contributed by atoms with Crippen molar-refractivity contribution in [1.29, 1.82) is 0 Å². The average Bonchev–Trinajstić information content (AvgIpc) is 2.72. The summed E-state index contributed by atoms with van der Waals surface area (Å²) in [7, 11) is -3.28. The van der Waals surface area contributed by atoms with Gasteiger partial charge in [-0.2, -0.15) is 0 Å². The van der Waals surface area contributed by atoms with Gasteiger partial charge in [-0.05, 0) is 54.8 Å². The minimum Gasteiger partial charge on any atom is -0.457 e. The number of halogens is 1. The first-order valence-electron chi connectivity index (χ1n) is 10.4. The number of rotatable bonds is 6. The van der Waals surface area contributed by atoms with Crippen molar-refractivity contribution in [3.8, 4) is 11.5 Å². The number of anilines is 1. The van der Waals surface area contributed by atoms with Gasteiger partial charge in [0.05, 0.1) is 6.26 Å². The highest BCUT2D eigenvalue weighted by Crippen LogP contribution is 2.26. The standard InChI is InChI=1S/C22H30N4O3S.ClH/c1-30(27,28)25-19-4-8-21(9-5-19)29-20-6-2-18(3-7-20)16-26-14-10-22(11-15-26)17-23-12-13-24-22;/h2-9,23-25H,10-17H2,1H3;1H. The Morgan fingerprint density at radius 2 is 1.61 bits per heavy atom. The SMILES string of the molecule is CS(=O)(=O)Nc1ccc(Oc2ccc(CN3CCC4(CC3)CNCCN4)cc2)cc1.Cl. The van der Waals surface area contributed by atoms with E-state index in [1.165, 1.54) is 18.4 Å². The van der Waals surface area contributed by atoms with Gasteiger partial charge in [-0.1, -0.05) is 12.1 Å². The first kappa shape index (κ1) is 23.8. The number of piperidine rings is 1. The molecule has 170 valence electrons. The number of ether oxygens (including phenoxy) is 1. The molecule has 31 heavy (non-hydrogen) atoms. The topological polar surface area (TPSA) is 82.7 Å². The van der Waals surface area contributed by atoms with Crippen molar-refractivity contribution in [2.24, 2.45) is 0 Å². The van der Waals surface area contributed by atoms with E-state index in [9.17, 15) is 8.42 Å². The van der Waals surface area contributed by atoms with Crippen LogP contribution in [-0.4, -0.2) is 57.8 Å². The fourth-order valence-electron chi connectivity index (χ4n) is 4.16. The summed E-state index contributed by atoms with van der Waals surface area (Å²) in [6.45, 7) is 6.40. The monoisotopic (exact) mass is 466 g/mol. The summed E-state index contributed by atoms with van der Waals surface area (Å²) in [6.07, 6.45) is 3.50. The molecule has 0 amide bonds. The van der Waals surface area contributed by atoms with Crippen LogP contribution in [0.5, 0.6) is 11.5 Å². The van der Waals surface area contributed by atoms with Crippen LogP contribution in [0.15, 0.2) is 48.5 Å². The Labute approximate surface area is 191 Å². The highest BCUT2D eigenvalue weighted by Gasteiger charge is 2.35. The Balaban J connectivity index is 0.00000272. The maximum atomic E-state index is 11.3. The van der Waals surface area contributed by atoms with Crippen LogP contribution < -0.4 is 20.1 Å². The Morgan fingerprint density at radius 1 is 1.00 bits per heavy atom. The molecule has 4 rings (SSSR count). The van der Waals surface area contributed by atoms with Crippen molar-refractivity contribution in [2.45, 2.75) is 24.9 Å². The Hall–Kier alpha value is -1.84. The molecule has 0 atom stereocenters. The fourth-order valence-corrected chi connectivity index (χ4v) is 4.73. The first-order chi connectivity index (χ1) is 14.4. The van der Waals surface area contributed by atoms with Crippen LogP contribution in [0.2, 0.25) is 0 Å². The molecule has 0 aliphatic carbocycles. The van der Waals surface area contributed by atoms with E-state index >= 15 is 0 Å². The molecule has 2 heterocycles. The van der Waals surface area contributed by atoms with E-state index in [0.717, 1.165) is 51.3 Å². The van der Waals surface area contributed by atoms with Gasteiger partial charge >= 0.3 is 0 Å². The van der Waals surface area contributed by atoms with E-state index in [2.05, 4.69) is 32.4 Å². The molecule has 2 aromatic rings. The molecule has 0 saturated carbocycles. The Kier molecular flexibility index (Phi) is 7.82. The third-order valence-electron chi connectivity index (χ3n) is 5.80. The quantitative estimate of drug-likeness (QED) is 0.607. The molecule has 7 nitrogen and oxygen atoms in total. The summed E-state index contributed by atoms with van der Waals surface area (Å²) >= 11 is 0. The molecular weight excluding hydrogens is 436 g/mol. The normalized spacial score (nSPS) is 18.9. The molecule has 0 bridgehead atoms. The zero-order valence-corrected chi connectivity index (χ0v) is 19.4. The van der Waals surface area contributed by atoms with Crippen LogP contribution in [0.25, 0.3) is 0 Å². The zero-order valence-electron chi connectivity index (χ0n) is 17.8. The van der Waals surface area contributed by atoms with Crippen LogP contribution in [0.4, 0.5) is 5.69 Å².